The molecule has 1 fully saturated rings. The maximum atomic E-state index is 12.3. The minimum absolute atomic E-state index is 0.0709. The molecule has 156 valence electrons. The minimum Gasteiger partial charge on any atom is -0.379 e. The molecular weight excluding hydrogens is 376 g/mol. The van der Waals surface area contributed by atoms with E-state index < -0.39 is 0 Å². The highest BCUT2D eigenvalue weighted by atomic mass is 16.5. The molecule has 6 nitrogen and oxygen atoms in total. The summed E-state index contributed by atoms with van der Waals surface area (Å²) < 4.78 is 5.42. The van der Waals surface area contributed by atoms with Gasteiger partial charge in [0.05, 0.1) is 24.6 Å². The predicted octanol–water partition coefficient (Wildman–Crippen LogP) is 3.71. The van der Waals surface area contributed by atoms with Crippen LogP contribution in [0.4, 0.5) is 0 Å². The average Bonchev–Trinajstić information content (AvgIpc) is 3.25. The van der Waals surface area contributed by atoms with Crippen LogP contribution in [0.15, 0.2) is 54.6 Å². The molecule has 2 heterocycles. The van der Waals surface area contributed by atoms with Gasteiger partial charge in [0.15, 0.2) is 0 Å². The number of hydrogen-bond donors (Lipinski definition) is 2. The van der Waals surface area contributed by atoms with Crippen LogP contribution in [0.2, 0.25) is 0 Å². The monoisotopic (exact) mass is 404 g/mol. The summed E-state index contributed by atoms with van der Waals surface area (Å²) in [5, 5.41) is 10.5. The van der Waals surface area contributed by atoms with Crippen LogP contribution in [-0.2, 0) is 11.3 Å². The molecule has 0 aliphatic carbocycles. The molecule has 0 unspecified atom stereocenters. The third-order valence-corrected chi connectivity index (χ3v) is 5.19. The number of morpholine rings is 1. The van der Waals surface area contributed by atoms with E-state index in [1.165, 1.54) is 5.56 Å². The maximum absolute atomic E-state index is 12.3. The van der Waals surface area contributed by atoms with Crippen LogP contribution >= 0.6 is 0 Å². The number of rotatable bonds is 6. The van der Waals surface area contributed by atoms with Crippen molar-refractivity contribution in [2.45, 2.75) is 26.4 Å². The van der Waals surface area contributed by atoms with Crippen molar-refractivity contribution >= 4 is 5.91 Å². The molecule has 0 saturated carbocycles. The summed E-state index contributed by atoms with van der Waals surface area (Å²) in [5.74, 6) is -0.0709. The Bertz CT molecular complexity index is 988. The van der Waals surface area contributed by atoms with Gasteiger partial charge < -0.3 is 10.1 Å². The van der Waals surface area contributed by atoms with Crippen molar-refractivity contribution < 1.29 is 9.53 Å². The number of carbonyl (C=O) groups excluding carboxylic acids is 1. The molecule has 0 spiro atoms. The fraction of sp³-hybridized carbons (Fsp3) is 0.333. The van der Waals surface area contributed by atoms with Crippen LogP contribution in [0.25, 0.3) is 22.5 Å². The number of hydrogen-bond acceptors (Lipinski definition) is 4. The Morgan fingerprint density at radius 1 is 1.10 bits per heavy atom. The van der Waals surface area contributed by atoms with E-state index in [1.807, 2.05) is 44.2 Å². The van der Waals surface area contributed by atoms with Crippen molar-refractivity contribution in [1.82, 2.24) is 20.4 Å². The van der Waals surface area contributed by atoms with E-state index in [2.05, 4.69) is 44.7 Å². The highest BCUT2D eigenvalue weighted by Crippen LogP contribution is 2.25. The van der Waals surface area contributed by atoms with Crippen molar-refractivity contribution in [2.24, 2.45) is 0 Å². The zero-order chi connectivity index (χ0) is 20.9. The second kappa shape index (κ2) is 9.24. The number of nitrogens with one attached hydrogen (secondary N) is 2. The fourth-order valence-corrected chi connectivity index (χ4v) is 3.59. The Hall–Kier alpha value is -2.96. The number of H-pyrrole nitrogens is 1. The lowest BCUT2D eigenvalue weighted by molar-refractivity contribution is 0.0342. The van der Waals surface area contributed by atoms with E-state index in [4.69, 9.17) is 4.74 Å². The second-order valence-electron chi connectivity index (χ2n) is 7.96. The van der Waals surface area contributed by atoms with Crippen molar-refractivity contribution in [3.63, 3.8) is 0 Å². The van der Waals surface area contributed by atoms with Gasteiger partial charge in [-0.3, -0.25) is 14.8 Å². The van der Waals surface area contributed by atoms with Gasteiger partial charge in [-0.2, -0.15) is 5.10 Å². The molecule has 2 N–H and O–H groups in total. The second-order valence-corrected chi connectivity index (χ2v) is 7.96. The maximum Gasteiger partial charge on any atom is 0.251 e. The Balaban J connectivity index is 1.47. The quantitative estimate of drug-likeness (QED) is 0.657. The topological polar surface area (TPSA) is 70.2 Å². The van der Waals surface area contributed by atoms with Gasteiger partial charge in [-0.05, 0) is 43.2 Å². The highest BCUT2D eigenvalue weighted by molar-refractivity contribution is 5.95. The average molecular weight is 405 g/mol. The summed E-state index contributed by atoms with van der Waals surface area (Å²) in [4.78, 5) is 14.7. The molecule has 1 aliphatic rings. The summed E-state index contributed by atoms with van der Waals surface area (Å²) in [6.45, 7) is 8.45. The van der Waals surface area contributed by atoms with Gasteiger partial charge in [-0.25, -0.2) is 0 Å². The van der Waals surface area contributed by atoms with Gasteiger partial charge in [-0.1, -0.05) is 36.4 Å². The molecule has 0 atom stereocenters. The number of nitrogens with zero attached hydrogens (tertiary/aromatic N) is 2. The first-order valence-corrected chi connectivity index (χ1v) is 10.4. The first-order valence-electron chi connectivity index (χ1n) is 10.4. The number of amides is 1. The SMILES string of the molecule is CC(C)NC(=O)c1cccc(-c2cc(-c3ccc(CN4CCOCC4)cc3)[nH]n2)c1. The zero-order valence-corrected chi connectivity index (χ0v) is 17.5. The number of benzene rings is 2. The van der Waals surface area contributed by atoms with Crippen LogP contribution in [0.1, 0.15) is 29.8 Å². The van der Waals surface area contributed by atoms with Crippen LogP contribution in [0.5, 0.6) is 0 Å². The smallest absolute Gasteiger partial charge is 0.251 e. The van der Waals surface area contributed by atoms with Gasteiger partial charge in [-0.15, -0.1) is 0 Å². The van der Waals surface area contributed by atoms with Crippen LogP contribution in [0, 0.1) is 0 Å². The summed E-state index contributed by atoms with van der Waals surface area (Å²) in [6, 6.07) is 18.3. The number of carbonyl (C=O) groups is 1. The molecular formula is C24H28N4O2. The number of aromatic nitrogens is 2. The Labute approximate surface area is 177 Å². The normalized spacial score (nSPS) is 14.8. The fourth-order valence-electron chi connectivity index (χ4n) is 3.59. The van der Waals surface area contributed by atoms with Crippen LogP contribution in [0.3, 0.4) is 0 Å². The predicted molar refractivity (Wildman–Crippen MR) is 118 cm³/mol. The van der Waals surface area contributed by atoms with E-state index >= 15 is 0 Å². The molecule has 1 aromatic heterocycles. The summed E-state index contributed by atoms with van der Waals surface area (Å²) >= 11 is 0. The van der Waals surface area contributed by atoms with Gasteiger partial charge in [0.2, 0.25) is 0 Å². The van der Waals surface area contributed by atoms with Gasteiger partial charge in [0, 0.05) is 36.8 Å². The number of aromatic amines is 1. The lowest BCUT2D eigenvalue weighted by atomic mass is 10.1. The summed E-state index contributed by atoms with van der Waals surface area (Å²) in [7, 11) is 0. The third-order valence-electron chi connectivity index (χ3n) is 5.19. The molecule has 1 aliphatic heterocycles. The van der Waals surface area contributed by atoms with Gasteiger partial charge in [0.25, 0.3) is 5.91 Å². The molecule has 1 amide bonds. The zero-order valence-electron chi connectivity index (χ0n) is 17.5. The van der Waals surface area contributed by atoms with Crippen molar-refractivity contribution in [2.75, 3.05) is 26.3 Å². The van der Waals surface area contributed by atoms with Crippen molar-refractivity contribution in [3.8, 4) is 22.5 Å². The van der Waals surface area contributed by atoms with Crippen molar-refractivity contribution in [1.29, 1.82) is 0 Å². The summed E-state index contributed by atoms with van der Waals surface area (Å²) in [6.07, 6.45) is 0. The lowest BCUT2D eigenvalue weighted by Crippen LogP contribution is -2.35. The van der Waals surface area contributed by atoms with Crippen molar-refractivity contribution in [3.05, 3.63) is 65.7 Å². The molecule has 6 heteroatoms. The summed E-state index contributed by atoms with van der Waals surface area (Å²) in [5.41, 5.74) is 5.72. The molecule has 0 radical (unpaired) electrons. The third kappa shape index (κ3) is 4.96. The molecule has 4 rings (SSSR count). The van der Waals surface area contributed by atoms with E-state index in [0.717, 1.165) is 55.4 Å². The first-order chi connectivity index (χ1) is 14.6. The van der Waals surface area contributed by atoms with Crippen LogP contribution < -0.4 is 5.32 Å². The minimum atomic E-state index is -0.0709. The molecule has 30 heavy (non-hydrogen) atoms. The van der Waals surface area contributed by atoms with Gasteiger partial charge >= 0.3 is 0 Å². The Morgan fingerprint density at radius 3 is 2.60 bits per heavy atom. The standard InChI is InChI=1S/C24H28N4O2/c1-17(2)25-24(29)21-5-3-4-20(14-21)23-15-22(26-27-23)19-8-6-18(7-9-19)16-28-10-12-30-13-11-28/h3-9,14-15,17H,10-13,16H2,1-2H3,(H,25,29)(H,26,27). The highest BCUT2D eigenvalue weighted by Gasteiger charge is 2.12. The molecule has 2 aromatic carbocycles. The van der Waals surface area contributed by atoms with E-state index in [1.54, 1.807) is 0 Å². The molecule has 3 aromatic rings. The lowest BCUT2D eigenvalue weighted by Gasteiger charge is -2.26. The van der Waals surface area contributed by atoms with E-state index in [-0.39, 0.29) is 11.9 Å². The Morgan fingerprint density at radius 2 is 1.87 bits per heavy atom. The Kier molecular flexibility index (Phi) is 6.26. The first kappa shape index (κ1) is 20.3. The van der Waals surface area contributed by atoms with E-state index in [9.17, 15) is 4.79 Å². The number of ether oxygens (including phenoxy) is 1. The van der Waals surface area contributed by atoms with E-state index in [0.29, 0.717) is 5.56 Å². The molecule has 1 saturated heterocycles. The van der Waals surface area contributed by atoms with Crippen LogP contribution in [-0.4, -0.2) is 53.3 Å². The molecule has 0 bridgehead atoms. The van der Waals surface area contributed by atoms with Gasteiger partial charge in [0.1, 0.15) is 0 Å². The largest absolute Gasteiger partial charge is 0.379 e.